The van der Waals surface area contributed by atoms with Crippen LogP contribution in [0.2, 0.25) is 12.1 Å². The Hall–Kier alpha value is -1.39. The van der Waals surface area contributed by atoms with Gasteiger partial charge in [-0.25, -0.2) is 4.79 Å². The van der Waals surface area contributed by atoms with Crippen molar-refractivity contribution in [2.75, 3.05) is 0 Å². The molecule has 2 rings (SSSR count). The van der Waals surface area contributed by atoms with E-state index in [1.165, 1.54) is 5.19 Å². The van der Waals surface area contributed by atoms with Crippen LogP contribution in [0.4, 0.5) is 0 Å². The molecule has 3 nitrogen and oxygen atoms in total. The predicted octanol–water partition coefficient (Wildman–Crippen LogP) is 5.18. The summed E-state index contributed by atoms with van der Waals surface area (Å²) in [6, 6.07) is 10.0. The summed E-state index contributed by atoms with van der Waals surface area (Å²) in [5.74, 6) is 0.619. The lowest BCUT2D eigenvalue weighted by molar-refractivity contribution is -0.247. The molecule has 1 aliphatic carbocycles. The quantitative estimate of drug-likeness (QED) is 0.382. The molecule has 0 bridgehead atoms. The molecule has 25 heavy (non-hydrogen) atoms. The molecule has 1 radical (unpaired) electrons. The van der Waals surface area contributed by atoms with Crippen molar-refractivity contribution in [3.63, 3.8) is 0 Å². The first kappa shape index (κ1) is 19.9. The predicted molar refractivity (Wildman–Crippen MR) is 105 cm³/mol. The molecule has 0 amide bonds. The highest BCUT2D eigenvalue weighted by Gasteiger charge is 2.30. The summed E-state index contributed by atoms with van der Waals surface area (Å²) < 4.78 is 0. The van der Waals surface area contributed by atoms with E-state index in [1.54, 1.807) is 0 Å². The van der Waals surface area contributed by atoms with E-state index in [0.717, 1.165) is 37.5 Å². The van der Waals surface area contributed by atoms with E-state index in [9.17, 15) is 4.79 Å². The zero-order chi connectivity index (χ0) is 18.4. The van der Waals surface area contributed by atoms with E-state index in [4.69, 9.17) is 9.78 Å². The fraction of sp³-hybridized carbons (Fsp3) is 0.524. The number of hydrogen-bond acceptors (Lipinski definition) is 3. The maximum Gasteiger partial charge on any atom is 0.373 e. The van der Waals surface area contributed by atoms with E-state index in [-0.39, 0.29) is 0 Å². The van der Waals surface area contributed by atoms with Gasteiger partial charge in [0.2, 0.25) is 0 Å². The lowest BCUT2D eigenvalue weighted by Crippen LogP contribution is -2.44. The van der Waals surface area contributed by atoms with Gasteiger partial charge in [0.1, 0.15) is 8.07 Å². The molecule has 2 atom stereocenters. The third-order valence-corrected chi connectivity index (χ3v) is 10.5. The van der Waals surface area contributed by atoms with Crippen molar-refractivity contribution in [2.45, 2.75) is 59.0 Å². The minimum absolute atomic E-state index is 0.340. The molecule has 1 saturated carbocycles. The second-order valence-electron chi connectivity index (χ2n) is 7.35. The number of benzene rings is 1. The van der Waals surface area contributed by atoms with Crippen LogP contribution in [0.25, 0.3) is 0 Å². The SMILES string of the molecule is C=C[Si](CC)(CC)c1ccc(C(=O)OO[C]2CCC(C)CC2C)cc1. The number of rotatable bonds is 7. The molecule has 137 valence electrons. The van der Waals surface area contributed by atoms with Crippen molar-refractivity contribution >= 4 is 19.2 Å². The average molecular weight is 360 g/mol. The van der Waals surface area contributed by atoms with Crippen molar-refractivity contribution in [1.82, 2.24) is 0 Å². The van der Waals surface area contributed by atoms with Gasteiger partial charge in [0.15, 0.2) is 6.10 Å². The summed E-state index contributed by atoms with van der Waals surface area (Å²) >= 11 is 0. The number of carbonyl (C=O) groups excluding carboxylic acids is 1. The van der Waals surface area contributed by atoms with Crippen LogP contribution >= 0.6 is 0 Å². The van der Waals surface area contributed by atoms with Crippen molar-refractivity contribution < 1.29 is 14.6 Å². The normalized spacial score (nSPS) is 21.8. The van der Waals surface area contributed by atoms with E-state index in [2.05, 4.69) is 52.1 Å². The summed E-state index contributed by atoms with van der Waals surface area (Å²) in [7, 11) is -1.64. The Balaban J connectivity index is 1.97. The molecular weight excluding hydrogens is 328 g/mol. The van der Waals surface area contributed by atoms with Crippen LogP contribution in [0.1, 0.15) is 57.3 Å². The molecule has 1 aromatic rings. The first-order valence-electron chi connectivity index (χ1n) is 9.44. The van der Waals surface area contributed by atoms with Crippen LogP contribution in [-0.4, -0.2) is 14.0 Å². The standard InChI is InChI=1S/C21H31O3Si/c1-6-25(7-2,8-3)19-12-10-18(11-13-19)21(22)24-23-20-14-9-16(4)15-17(20)5/h6,10-13,16-17H,1,7-9,14-15H2,2-5H3. The Morgan fingerprint density at radius 1 is 1.24 bits per heavy atom. The monoisotopic (exact) mass is 359 g/mol. The van der Waals surface area contributed by atoms with Gasteiger partial charge in [-0.3, -0.25) is 4.89 Å². The van der Waals surface area contributed by atoms with Gasteiger partial charge in [-0.2, -0.15) is 4.89 Å². The number of carbonyl (C=O) groups is 1. The fourth-order valence-corrected chi connectivity index (χ4v) is 6.71. The molecule has 0 N–H and O–H groups in total. The Bertz CT molecular complexity index is 577. The van der Waals surface area contributed by atoms with E-state index < -0.39 is 14.0 Å². The molecule has 0 spiro atoms. The molecule has 1 fully saturated rings. The van der Waals surface area contributed by atoms with Gasteiger partial charge in [-0.05, 0) is 43.2 Å². The molecule has 2 unspecified atom stereocenters. The molecule has 0 saturated heterocycles. The molecule has 0 aromatic heterocycles. The summed E-state index contributed by atoms with van der Waals surface area (Å²) in [6.45, 7) is 12.9. The maximum absolute atomic E-state index is 12.3. The lowest BCUT2D eigenvalue weighted by atomic mass is 9.81. The Labute approximate surface area is 153 Å². The molecule has 0 heterocycles. The summed E-state index contributed by atoms with van der Waals surface area (Å²) in [5.41, 5.74) is 2.67. The van der Waals surface area contributed by atoms with Gasteiger partial charge in [0.25, 0.3) is 0 Å². The van der Waals surface area contributed by atoms with Crippen LogP contribution in [0.5, 0.6) is 0 Å². The highest BCUT2D eigenvalue weighted by atomic mass is 28.3. The van der Waals surface area contributed by atoms with Crippen molar-refractivity contribution in [1.29, 1.82) is 0 Å². The Morgan fingerprint density at radius 2 is 1.88 bits per heavy atom. The van der Waals surface area contributed by atoms with Gasteiger partial charge in [0.05, 0.1) is 5.56 Å². The summed E-state index contributed by atoms with van der Waals surface area (Å²) in [6.07, 6.45) is 3.94. The minimum atomic E-state index is -1.64. The highest BCUT2D eigenvalue weighted by Crippen LogP contribution is 2.35. The largest absolute Gasteiger partial charge is 0.373 e. The molecule has 1 aromatic carbocycles. The third kappa shape index (κ3) is 4.62. The van der Waals surface area contributed by atoms with Gasteiger partial charge in [0, 0.05) is 0 Å². The van der Waals surface area contributed by atoms with Crippen LogP contribution in [0.15, 0.2) is 36.5 Å². The lowest BCUT2D eigenvalue weighted by Gasteiger charge is -2.29. The highest BCUT2D eigenvalue weighted by molar-refractivity contribution is 6.95. The Kier molecular flexibility index (Phi) is 7.02. The summed E-state index contributed by atoms with van der Waals surface area (Å²) in [5, 5.41) is 1.31. The molecular formula is C21H31O3Si. The van der Waals surface area contributed by atoms with Crippen LogP contribution < -0.4 is 5.19 Å². The van der Waals surface area contributed by atoms with E-state index in [1.807, 2.05) is 12.1 Å². The second-order valence-corrected chi connectivity index (χ2v) is 12.1. The second kappa shape index (κ2) is 8.81. The summed E-state index contributed by atoms with van der Waals surface area (Å²) in [4.78, 5) is 22.7. The average Bonchev–Trinajstić information content (AvgIpc) is 2.63. The fourth-order valence-electron chi connectivity index (χ4n) is 3.75. The maximum atomic E-state index is 12.3. The van der Waals surface area contributed by atoms with Crippen LogP contribution in [0, 0.1) is 17.9 Å². The van der Waals surface area contributed by atoms with E-state index >= 15 is 0 Å². The van der Waals surface area contributed by atoms with E-state index in [0.29, 0.717) is 17.4 Å². The topological polar surface area (TPSA) is 35.5 Å². The van der Waals surface area contributed by atoms with Crippen molar-refractivity contribution in [3.8, 4) is 0 Å². The minimum Gasteiger partial charge on any atom is -0.292 e. The Morgan fingerprint density at radius 3 is 2.40 bits per heavy atom. The molecule has 0 aliphatic heterocycles. The third-order valence-electron chi connectivity index (χ3n) is 5.76. The number of hydrogen-bond donors (Lipinski definition) is 0. The first-order valence-corrected chi connectivity index (χ1v) is 11.9. The molecule has 1 aliphatic rings. The van der Waals surface area contributed by atoms with Gasteiger partial charge in [-0.1, -0.05) is 62.8 Å². The smallest absolute Gasteiger partial charge is 0.292 e. The van der Waals surface area contributed by atoms with Crippen molar-refractivity contribution in [2.24, 2.45) is 11.8 Å². The van der Waals surface area contributed by atoms with Crippen LogP contribution in [0.3, 0.4) is 0 Å². The van der Waals surface area contributed by atoms with Gasteiger partial charge < -0.3 is 0 Å². The van der Waals surface area contributed by atoms with Gasteiger partial charge >= 0.3 is 5.97 Å². The first-order chi connectivity index (χ1) is 12.0. The molecule has 4 heteroatoms. The van der Waals surface area contributed by atoms with Crippen LogP contribution in [-0.2, 0) is 9.78 Å². The zero-order valence-corrected chi connectivity index (χ0v) is 17.0. The van der Waals surface area contributed by atoms with Crippen molar-refractivity contribution in [3.05, 3.63) is 48.2 Å². The van der Waals surface area contributed by atoms with Gasteiger partial charge in [-0.15, -0.1) is 6.58 Å². The zero-order valence-electron chi connectivity index (χ0n) is 16.0.